The molecule has 0 heterocycles. The molecule has 0 amide bonds. The Morgan fingerprint density at radius 2 is 0.920 bits per heavy atom. The Hall–Kier alpha value is -2.88. The van der Waals surface area contributed by atoms with Crippen molar-refractivity contribution < 1.29 is 27.3 Å². The molecule has 0 saturated heterocycles. The molecule has 0 spiro atoms. The van der Waals surface area contributed by atoms with Gasteiger partial charge in [-0.2, -0.15) is 0 Å². The fraction of sp³-hybridized carbons (Fsp3) is 0. The first-order valence-corrected chi connectivity index (χ1v) is 7.47. The Morgan fingerprint density at radius 1 is 0.560 bits per heavy atom. The summed E-state index contributed by atoms with van der Waals surface area (Å²) < 4.78 is 0. The van der Waals surface area contributed by atoms with Crippen LogP contribution in [0.1, 0.15) is 11.1 Å². The minimum Gasteiger partial charge on any atom is -0.507 e. The quantitative estimate of drug-likeness (QED) is 0.514. The normalized spacial score (nSPS) is 10.9. The second-order valence-electron chi connectivity index (χ2n) is 5.12. The summed E-state index contributed by atoms with van der Waals surface area (Å²) in [7, 11) is 0. The summed E-state index contributed by atoms with van der Waals surface area (Å²) in [6.45, 7) is 0. The molecular weight excluding hydrogens is 364 g/mol. The van der Waals surface area contributed by atoms with Gasteiger partial charge in [-0.3, -0.25) is 9.98 Å². The zero-order chi connectivity index (χ0) is 16.8. The predicted octanol–water partition coefficient (Wildman–Crippen LogP) is 4.60. The molecule has 0 saturated carbocycles. The first-order chi connectivity index (χ1) is 11.7. The molecule has 127 valence electrons. The molecule has 0 aromatic heterocycles. The molecule has 0 fully saturated rings. The summed E-state index contributed by atoms with van der Waals surface area (Å²) in [4.78, 5) is 8.82. The molecule has 0 aliphatic rings. The van der Waals surface area contributed by atoms with E-state index in [2.05, 4.69) is 9.98 Å². The Labute approximate surface area is 156 Å². The fourth-order valence-corrected chi connectivity index (χ4v) is 2.15. The third-order valence-electron chi connectivity index (χ3n) is 3.44. The predicted molar refractivity (Wildman–Crippen MR) is 97.2 cm³/mol. The number of phenols is 2. The number of aromatic hydroxyl groups is 2. The third-order valence-corrected chi connectivity index (χ3v) is 3.44. The number of benzene rings is 3. The van der Waals surface area contributed by atoms with Gasteiger partial charge >= 0.3 is 17.1 Å². The van der Waals surface area contributed by atoms with Crippen LogP contribution in [0.5, 0.6) is 11.5 Å². The van der Waals surface area contributed by atoms with Gasteiger partial charge in [-0.25, -0.2) is 0 Å². The van der Waals surface area contributed by atoms with Gasteiger partial charge in [0.2, 0.25) is 0 Å². The molecule has 5 heteroatoms. The van der Waals surface area contributed by atoms with Gasteiger partial charge < -0.3 is 10.2 Å². The van der Waals surface area contributed by atoms with Crippen LogP contribution < -0.4 is 0 Å². The molecule has 0 aliphatic carbocycles. The van der Waals surface area contributed by atoms with Crippen molar-refractivity contribution in [1.82, 2.24) is 0 Å². The van der Waals surface area contributed by atoms with E-state index in [9.17, 15) is 10.2 Å². The average Bonchev–Trinajstić information content (AvgIpc) is 2.61. The molecule has 4 nitrogen and oxygen atoms in total. The number of nitrogens with zero attached hydrogens (tertiary/aromatic N) is 2. The smallest absolute Gasteiger partial charge is 0.507 e. The maximum atomic E-state index is 9.79. The monoisotopic (exact) mass is 379 g/mol. The van der Waals surface area contributed by atoms with Gasteiger partial charge in [-0.15, -0.1) is 0 Å². The van der Waals surface area contributed by atoms with Crippen LogP contribution in [0.15, 0.2) is 82.8 Å². The van der Waals surface area contributed by atoms with E-state index in [-0.39, 0.29) is 28.6 Å². The zero-order valence-electron chi connectivity index (χ0n) is 13.2. The second kappa shape index (κ2) is 8.83. The van der Waals surface area contributed by atoms with Crippen LogP contribution in [0.25, 0.3) is 0 Å². The van der Waals surface area contributed by atoms with E-state index in [1.807, 2.05) is 36.4 Å². The van der Waals surface area contributed by atoms with E-state index in [0.29, 0.717) is 22.5 Å². The van der Waals surface area contributed by atoms with E-state index in [0.717, 1.165) is 0 Å². The van der Waals surface area contributed by atoms with E-state index < -0.39 is 0 Å². The fourth-order valence-electron chi connectivity index (χ4n) is 2.15. The van der Waals surface area contributed by atoms with Crippen LogP contribution in [0, 0.1) is 0 Å². The zero-order valence-corrected chi connectivity index (χ0v) is 14.1. The topological polar surface area (TPSA) is 65.2 Å². The first-order valence-electron chi connectivity index (χ1n) is 7.47. The van der Waals surface area contributed by atoms with Crippen molar-refractivity contribution in [2.75, 3.05) is 0 Å². The largest absolute Gasteiger partial charge is 2.00 e. The van der Waals surface area contributed by atoms with Gasteiger partial charge in [0.05, 0.1) is 11.4 Å². The van der Waals surface area contributed by atoms with E-state index in [1.54, 1.807) is 48.8 Å². The maximum absolute atomic E-state index is 9.79. The molecule has 0 aliphatic heterocycles. The summed E-state index contributed by atoms with van der Waals surface area (Å²) in [5.41, 5.74) is 2.62. The van der Waals surface area contributed by atoms with Gasteiger partial charge in [0.25, 0.3) is 0 Å². The maximum Gasteiger partial charge on any atom is 2.00 e. The van der Waals surface area contributed by atoms with Gasteiger partial charge in [-0.05, 0) is 36.4 Å². The van der Waals surface area contributed by atoms with Crippen molar-refractivity contribution in [2.45, 2.75) is 0 Å². The molecule has 2 N–H and O–H groups in total. The second-order valence-corrected chi connectivity index (χ2v) is 5.12. The summed E-state index contributed by atoms with van der Waals surface area (Å²) in [6, 6.07) is 21.4. The Kier molecular flexibility index (Phi) is 6.52. The molecule has 0 unspecified atom stereocenters. The van der Waals surface area contributed by atoms with Crippen molar-refractivity contribution >= 4 is 23.8 Å². The van der Waals surface area contributed by atoms with E-state index in [4.69, 9.17) is 0 Å². The number of phenolic OH excluding ortho intramolecular Hbond substituents is 2. The van der Waals surface area contributed by atoms with Gasteiger partial charge in [0.15, 0.2) is 0 Å². The number of rotatable bonds is 4. The van der Waals surface area contributed by atoms with Crippen LogP contribution in [-0.4, -0.2) is 22.6 Å². The summed E-state index contributed by atoms with van der Waals surface area (Å²) in [5, 5.41) is 19.6. The molecule has 3 rings (SSSR count). The van der Waals surface area contributed by atoms with Crippen LogP contribution in [0.2, 0.25) is 0 Å². The SMILES string of the molecule is Oc1ccccc1C=Nc1ccccc1N=Cc1ccccc1O.[Cu+2]. The molecule has 25 heavy (non-hydrogen) atoms. The summed E-state index contributed by atoms with van der Waals surface area (Å²) >= 11 is 0. The van der Waals surface area contributed by atoms with Gasteiger partial charge in [0, 0.05) is 23.6 Å². The summed E-state index contributed by atoms with van der Waals surface area (Å²) in [6.07, 6.45) is 3.20. The number of hydrogen-bond donors (Lipinski definition) is 2. The van der Waals surface area contributed by atoms with Crippen molar-refractivity contribution in [3.8, 4) is 11.5 Å². The average molecular weight is 380 g/mol. The van der Waals surface area contributed by atoms with E-state index in [1.165, 1.54) is 0 Å². The molecule has 3 aromatic rings. The van der Waals surface area contributed by atoms with E-state index >= 15 is 0 Å². The molecule has 3 aromatic carbocycles. The Balaban J connectivity index is 0.00000225. The van der Waals surface area contributed by atoms with Gasteiger partial charge in [0.1, 0.15) is 11.5 Å². The minimum absolute atomic E-state index is 0. The van der Waals surface area contributed by atoms with Crippen LogP contribution in [-0.2, 0) is 17.1 Å². The molecule has 1 radical (unpaired) electrons. The van der Waals surface area contributed by atoms with Crippen LogP contribution >= 0.6 is 0 Å². The number of aliphatic imine (C=N–C) groups is 2. The number of para-hydroxylation sites is 4. The van der Waals surface area contributed by atoms with Crippen LogP contribution in [0.4, 0.5) is 11.4 Å². The summed E-state index contributed by atoms with van der Waals surface area (Å²) in [5.74, 6) is 0.355. The minimum atomic E-state index is 0. The molecule has 0 bridgehead atoms. The van der Waals surface area contributed by atoms with Crippen molar-refractivity contribution in [2.24, 2.45) is 9.98 Å². The van der Waals surface area contributed by atoms with Gasteiger partial charge in [-0.1, -0.05) is 36.4 Å². The van der Waals surface area contributed by atoms with Crippen molar-refractivity contribution in [3.05, 3.63) is 83.9 Å². The Bertz CT molecular complexity index is 833. The van der Waals surface area contributed by atoms with Crippen molar-refractivity contribution in [3.63, 3.8) is 0 Å². The number of hydrogen-bond acceptors (Lipinski definition) is 4. The Morgan fingerprint density at radius 3 is 1.32 bits per heavy atom. The third kappa shape index (κ3) is 4.80. The van der Waals surface area contributed by atoms with Crippen molar-refractivity contribution in [1.29, 1.82) is 0 Å². The first kappa shape index (κ1) is 18.5. The van der Waals surface area contributed by atoms with Crippen LogP contribution in [0.3, 0.4) is 0 Å². The molecular formula is C20H16CuN2O2+2. The standard InChI is InChI=1S/C20H16N2O2.Cu/c23-19-11-5-1-7-15(19)13-21-17-9-3-4-10-18(17)22-14-16-8-2-6-12-20(16)24;/h1-14,23-24H;/q;+2. The molecule has 0 atom stereocenters.